The summed E-state index contributed by atoms with van der Waals surface area (Å²) in [5.41, 5.74) is 0.526. The van der Waals surface area contributed by atoms with Crippen LogP contribution in [0.25, 0.3) is 5.69 Å². The molecule has 0 radical (unpaired) electrons. The zero-order valence-corrected chi connectivity index (χ0v) is 10.6. The summed E-state index contributed by atoms with van der Waals surface area (Å²) in [6.07, 6.45) is 1.50. The van der Waals surface area contributed by atoms with Crippen LogP contribution in [0.3, 0.4) is 0 Å². The zero-order valence-electron chi connectivity index (χ0n) is 10.6. The third-order valence-corrected chi connectivity index (χ3v) is 2.61. The van der Waals surface area contributed by atoms with Gasteiger partial charge in [-0.05, 0) is 31.2 Å². The Balaban J connectivity index is 2.17. The Hall–Kier alpha value is -2.70. The van der Waals surface area contributed by atoms with E-state index in [9.17, 15) is 14.0 Å². The fraction of sp³-hybridized carbons (Fsp3) is 0.154. The molecule has 0 aliphatic carbocycles. The second kappa shape index (κ2) is 5.52. The number of nitrogens with zero attached hydrogens (tertiary/aromatic N) is 2. The van der Waals surface area contributed by atoms with Crippen molar-refractivity contribution in [2.75, 3.05) is 0 Å². The predicted molar refractivity (Wildman–Crippen MR) is 68.1 cm³/mol. The number of nitrogens with one attached hydrogen (secondary N) is 1. The molecule has 2 N–H and O–H groups in total. The molecule has 7 heteroatoms. The van der Waals surface area contributed by atoms with E-state index in [1.54, 1.807) is 6.07 Å². The van der Waals surface area contributed by atoms with Crippen LogP contribution in [0.5, 0.6) is 0 Å². The number of carbonyl (C=O) groups excluding carboxylic acids is 1. The lowest BCUT2D eigenvalue weighted by molar-refractivity contribution is -0.138. The fourth-order valence-corrected chi connectivity index (χ4v) is 1.54. The van der Waals surface area contributed by atoms with Crippen molar-refractivity contribution in [3.8, 4) is 5.69 Å². The molecule has 0 saturated heterocycles. The minimum atomic E-state index is -1.14. The van der Waals surface area contributed by atoms with E-state index in [-0.39, 0.29) is 5.69 Å². The van der Waals surface area contributed by atoms with Crippen LogP contribution < -0.4 is 5.32 Å². The average molecular weight is 277 g/mol. The van der Waals surface area contributed by atoms with E-state index in [1.165, 1.54) is 42.1 Å². The number of carboxylic acids is 1. The van der Waals surface area contributed by atoms with Crippen molar-refractivity contribution >= 4 is 11.9 Å². The lowest BCUT2D eigenvalue weighted by Gasteiger charge is -2.07. The maximum Gasteiger partial charge on any atom is 0.325 e. The van der Waals surface area contributed by atoms with Gasteiger partial charge in [0.25, 0.3) is 5.91 Å². The Morgan fingerprint density at radius 3 is 2.80 bits per heavy atom. The van der Waals surface area contributed by atoms with Gasteiger partial charge in [0, 0.05) is 6.20 Å². The first-order valence-corrected chi connectivity index (χ1v) is 5.82. The molecule has 0 unspecified atom stereocenters. The summed E-state index contributed by atoms with van der Waals surface area (Å²) in [4.78, 5) is 22.4. The van der Waals surface area contributed by atoms with Crippen LogP contribution in [-0.2, 0) is 4.79 Å². The molecule has 6 nitrogen and oxygen atoms in total. The fourth-order valence-electron chi connectivity index (χ4n) is 1.54. The van der Waals surface area contributed by atoms with Crippen LogP contribution in [0.1, 0.15) is 17.4 Å². The summed E-state index contributed by atoms with van der Waals surface area (Å²) >= 11 is 0. The van der Waals surface area contributed by atoms with E-state index in [0.29, 0.717) is 5.69 Å². The van der Waals surface area contributed by atoms with Crippen molar-refractivity contribution in [2.45, 2.75) is 13.0 Å². The molecule has 2 rings (SSSR count). The standard InChI is InChI=1S/C13H12FN3O3/c1-8(13(19)20)15-12(18)11-5-6-17(16-11)10-4-2-3-9(14)7-10/h2-8H,1H3,(H,15,18)(H,19,20)/t8-/m0/s1. The van der Waals surface area contributed by atoms with E-state index < -0.39 is 23.7 Å². The van der Waals surface area contributed by atoms with Crippen molar-refractivity contribution in [3.63, 3.8) is 0 Å². The number of carbonyl (C=O) groups is 2. The summed E-state index contributed by atoms with van der Waals surface area (Å²) in [5.74, 6) is -2.15. The van der Waals surface area contributed by atoms with Crippen LogP contribution >= 0.6 is 0 Å². The number of aliphatic carboxylic acids is 1. The number of amides is 1. The Kier molecular flexibility index (Phi) is 3.79. The summed E-state index contributed by atoms with van der Waals surface area (Å²) in [6.45, 7) is 1.35. The van der Waals surface area contributed by atoms with E-state index in [0.717, 1.165) is 0 Å². The number of halogens is 1. The van der Waals surface area contributed by atoms with Crippen LogP contribution in [0, 0.1) is 5.82 Å². The molecule has 1 aromatic carbocycles. The van der Waals surface area contributed by atoms with Crippen LogP contribution in [-0.4, -0.2) is 32.8 Å². The molecule has 0 aliphatic rings. The van der Waals surface area contributed by atoms with E-state index >= 15 is 0 Å². The van der Waals surface area contributed by atoms with Gasteiger partial charge in [-0.15, -0.1) is 0 Å². The average Bonchev–Trinajstić information content (AvgIpc) is 2.88. The zero-order chi connectivity index (χ0) is 14.7. The maximum atomic E-state index is 13.1. The first-order valence-electron chi connectivity index (χ1n) is 5.82. The molecule has 0 bridgehead atoms. The van der Waals surface area contributed by atoms with Crippen molar-refractivity contribution in [1.29, 1.82) is 0 Å². The van der Waals surface area contributed by atoms with Gasteiger partial charge in [0.05, 0.1) is 5.69 Å². The van der Waals surface area contributed by atoms with Gasteiger partial charge in [0.15, 0.2) is 5.69 Å². The van der Waals surface area contributed by atoms with Crippen molar-refractivity contribution in [1.82, 2.24) is 15.1 Å². The first kappa shape index (κ1) is 13.7. The van der Waals surface area contributed by atoms with Gasteiger partial charge in [-0.2, -0.15) is 5.10 Å². The summed E-state index contributed by atoms with van der Waals surface area (Å²) in [5, 5.41) is 15.0. The highest BCUT2D eigenvalue weighted by Gasteiger charge is 2.17. The quantitative estimate of drug-likeness (QED) is 0.880. The van der Waals surface area contributed by atoms with Gasteiger partial charge in [-0.3, -0.25) is 9.59 Å². The summed E-state index contributed by atoms with van der Waals surface area (Å²) in [6, 6.07) is 6.15. The van der Waals surface area contributed by atoms with Crippen molar-refractivity contribution in [3.05, 3.63) is 48.0 Å². The topological polar surface area (TPSA) is 84.2 Å². The van der Waals surface area contributed by atoms with Crippen LogP contribution in [0.15, 0.2) is 36.5 Å². The minimum absolute atomic E-state index is 0.0577. The number of aromatic nitrogens is 2. The Morgan fingerprint density at radius 1 is 1.40 bits per heavy atom. The van der Waals surface area contributed by atoms with Crippen LogP contribution in [0.2, 0.25) is 0 Å². The number of hydrogen-bond donors (Lipinski definition) is 2. The molecule has 1 aromatic heterocycles. The molecule has 0 aliphatic heterocycles. The van der Waals surface area contributed by atoms with Gasteiger partial charge in [-0.25, -0.2) is 9.07 Å². The SMILES string of the molecule is C[C@H](NC(=O)c1ccn(-c2cccc(F)c2)n1)C(=O)O. The van der Waals surface area contributed by atoms with E-state index in [1.807, 2.05) is 0 Å². The summed E-state index contributed by atoms with van der Waals surface area (Å²) in [7, 11) is 0. The molecule has 104 valence electrons. The molecule has 1 amide bonds. The maximum absolute atomic E-state index is 13.1. The highest BCUT2D eigenvalue weighted by molar-refractivity contribution is 5.94. The van der Waals surface area contributed by atoms with Gasteiger partial charge in [0.1, 0.15) is 11.9 Å². The lowest BCUT2D eigenvalue weighted by atomic mass is 10.3. The van der Waals surface area contributed by atoms with Gasteiger partial charge >= 0.3 is 5.97 Å². The molecular weight excluding hydrogens is 265 g/mol. The number of benzene rings is 1. The highest BCUT2D eigenvalue weighted by atomic mass is 19.1. The number of hydrogen-bond acceptors (Lipinski definition) is 3. The van der Waals surface area contributed by atoms with E-state index in [2.05, 4.69) is 10.4 Å². The van der Waals surface area contributed by atoms with Gasteiger partial charge in [0.2, 0.25) is 0 Å². The second-order valence-electron chi connectivity index (χ2n) is 4.16. The van der Waals surface area contributed by atoms with Crippen LogP contribution in [0.4, 0.5) is 4.39 Å². The summed E-state index contributed by atoms with van der Waals surface area (Å²) < 4.78 is 14.4. The number of carboxylic acid groups (broad SMARTS) is 1. The Bertz CT molecular complexity index is 654. The second-order valence-corrected chi connectivity index (χ2v) is 4.16. The largest absolute Gasteiger partial charge is 0.480 e. The molecule has 2 aromatic rings. The smallest absolute Gasteiger partial charge is 0.325 e. The third-order valence-electron chi connectivity index (χ3n) is 2.61. The molecule has 1 heterocycles. The lowest BCUT2D eigenvalue weighted by Crippen LogP contribution is -2.38. The third kappa shape index (κ3) is 3.00. The highest BCUT2D eigenvalue weighted by Crippen LogP contribution is 2.09. The monoisotopic (exact) mass is 277 g/mol. The molecule has 0 saturated carbocycles. The first-order chi connectivity index (χ1) is 9.47. The normalized spacial score (nSPS) is 11.9. The molecule has 0 spiro atoms. The minimum Gasteiger partial charge on any atom is -0.480 e. The molecule has 1 atom stereocenters. The van der Waals surface area contributed by atoms with E-state index in [4.69, 9.17) is 5.11 Å². The van der Waals surface area contributed by atoms with Gasteiger partial charge < -0.3 is 10.4 Å². The Morgan fingerprint density at radius 2 is 2.15 bits per heavy atom. The van der Waals surface area contributed by atoms with Crippen molar-refractivity contribution in [2.24, 2.45) is 0 Å². The van der Waals surface area contributed by atoms with Gasteiger partial charge in [-0.1, -0.05) is 6.07 Å². The van der Waals surface area contributed by atoms with Crippen molar-refractivity contribution < 1.29 is 19.1 Å². The molecule has 20 heavy (non-hydrogen) atoms. The molecular formula is C13H12FN3O3. The number of rotatable bonds is 4. The molecule has 0 fully saturated rings. The Labute approximate surface area is 113 Å². The predicted octanol–water partition coefficient (Wildman–Crippen LogP) is 1.21.